The highest BCUT2D eigenvalue weighted by Crippen LogP contribution is 2.24. The van der Waals surface area contributed by atoms with Gasteiger partial charge in [-0.3, -0.25) is 14.5 Å². The molecule has 2 aliphatic rings. The van der Waals surface area contributed by atoms with Crippen LogP contribution in [0.2, 0.25) is 0 Å². The maximum Gasteiger partial charge on any atom is 0.321 e. The average Bonchev–Trinajstić information content (AvgIpc) is 3.08. The van der Waals surface area contributed by atoms with E-state index in [1.54, 1.807) is 29.2 Å². The number of benzene rings is 2. The van der Waals surface area contributed by atoms with Crippen molar-refractivity contribution in [1.29, 1.82) is 0 Å². The Bertz CT molecular complexity index is 892. The van der Waals surface area contributed by atoms with Gasteiger partial charge in [0.25, 0.3) is 5.91 Å². The summed E-state index contributed by atoms with van der Waals surface area (Å²) in [6, 6.07) is 12.3. The van der Waals surface area contributed by atoms with Gasteiger partial charge in [-0.2, -0.15) is 0 Å². The minimum atomic E-state index is -0.212. The molecule has 7 heteroatoms. The Hall–Kier alpha value is -3.35. The van der Waals surface area contributed by atoms with Crippen LogP contribution in [0.1, 0.15) is 22.3 Å². The fourth-order valence-electron chi connectivity index (χ4n) is 3.17. The highest BCUT2D eigenvalue weighted by molar-refractivity contribution is 6.05. The van der Waals surface area contributed by atoms with E-state index in [-0.39, 0.29) is 17.8 Å². The molecule has 1 saturated heterocycles. The van der Waals surface area contributed by atoms with Gasteiger partial charge in [-0.25, -0.2) is 4.79 Å². The van der Waals surface area contributed by atoms with Gasteiger partial charge in [0, 0.05) is 42.1 Å². The van der Waals surface area contributed by atoms with Gasteiger partial charge >= 0.3 is 6.03 Å². The Morgan fingerprint density at radius 1 is 1.04 bits per heavy atom. The molecular weight excluding hydrogens is 332 g/mol. The molecule has 0 atom stereocenters. The molecule has 0 aromatic heterocycles. The van der Waals surface area contributed by atoms with E-state index in [1.807, 2.05) is 18.2 Å². The molecule has 26 heavy (non-hydrogen) atoms. The fraction of sp³-hybridized carbons (Fsp3) is 0.211. The van der Waals surface area contributed by atoms with Crippen molar-refractivity contribution in [1.82, 2.24) is 5.32 Å². The van der Waals surface area contributed by atoms with Crippen molar-refractivity contribution >= 4 is 34.9 Å². The van der Waals surface area contributed by atoms with E-state index < -0.39 is 0 Å². The SMILES string of the molecule is O=C1CCc2cc(C(=O)Nc3ccc(N4CCNC4=O)cc3)ccc2N1. The fourth-order valence-corrected chi connectivity index (χ4v) is 3.17. The number of aryl methyl sites for hydroxylation is 1. The molecule has 2 aromatic carbocycles. The number of amides is 4. The molecule has 7 nitrogen and oxygen atoms in total. The van der Waals surface area contributed by atoms with Crippen LogP contribution in [-0.2, 0) is 11.2 Å². The Balaban J connectivity index is 1.46. The van der Waals surface area contributed by atoms with Crippen molar-refractivity contribution in [3.8, 4) is 0 Å². The molecule has 1 fully saturated rings. The number of nitrogens with zero attached hydrogens (tertiary/aromatic N) is 1. The Labute approximate surface area is 150 Å². The summed E-state index contributed by atoms with van der Waals surface area (Å²) in [6.45, 7) is 1.27. The molecule has 2 aromatic rings. The van der Waals surface area contributed by atoms with Gasteiger partial charge in [0.1, 0.15) is 0 Å². The normalized spacial score (nSPS) is 15.9. The van der Waals surface area contributed by atoms with Crippen molar-refractivity contribution in [2.45, 2.75) is 12.8 Å². The molecule has 0 saturated carbocycles. The molecule has 4 amide bonds. The van der Waals surface area contributed by atoms with Gasteiger partial charge in [0.2, 0.25) is 5.91 Å². The largest absolute Gasteiger partial charge is 0.336 e. The molecule has 0 unspecified atom stereocenters. The number of carbonyl (C=O) groups is 3. The molecule has 132 valence electrons. The third-order valence-electron chi connectivity index (χ3n) is 4.56. The first-order valence-electron chi connectivity index (χ1n) is 8.50. The number of hydrogen-bond acceptors (Lipinski definition) is 3. The molecular formula is C19H18N4O3. The first-order valence-corrected chi connectivity index (χ1v) is 8.50. The maximum absolute atomic E-state index is 12.5. The average molecular weight is 350 g/mol. The van der Waals surface area contributed by atoms with Gasteiger partial charge in [-0.15, -0.1) is 0 Å². The summed E-state index contributed by atoms with van der Waals surface area (Å²) in [4.78, 5) is 37.2. The zero-order valence-electron chi connectivity index (χ0n) is 14.0. The zero-order valence-corrected chi connectivity index (χ0v) is 14.0. The minimum Gasteiger partial charge on any atom is -0.336 e. The van der Waals surface area contributed by atoms with Crippen LogP contribution >= 0.6 is 0 Å². The van der Waals surface area contributed by atoms with E-state index in [9.17, 15) is 14.4 Å². The van der Waals surface area contributed by atoms with Crippen LogP contribution in [0.5, 0.6) is 0 Å². The van der Waals surface area contributed by atoms with Crippen molar-refractivity contribution in [2.75, 3.05) is 28.6 Å². The van der Waals surface area contributed by atoms with Gasteiger partial charge in [-0.1, -0.05) is 0 Å². The second-order valence-corrected chi connectivity index (χ2v) is 6.30. The summed E-state index contributed by atoms with van der Waals surface area (Å²) < 4.78 is 0. The first kappa shape index (κ1) is 16.1. The van der Waals surface area contributed by atoms with E-state index in [2.05, 4.69) is 16.0 Å². The van der Waals surface area contributed by atoms with Crippen molar-refractivity contribution < 1.29 is 14.4 Å². The number of hydrogen-bond donors (Lipinski definition) is 3. The van der Waals surface area contributed by atoms with Gasteiger partial charge in [0.05, 0.1) is 0 Å². The van der Waals surface area contributed by atoms with Crippen LogP contribution in [0.4, 0.5) is 21.9 Å². The van der Waals surface area contributed by atoms with E-state index in [1.165, 1.54) is 0 Å². The van der Waals surface area contributed by atoms with Crippen molar-refractivity contribution in [2.24, 2.45) is 0 Å². The number of carbonyl (C=O) groups excluding carboxylic acids is 3. The summed E-state index contributed by atoms with van der Waals surface area (Å²) in [5.41, 5.74) is 3.73. The van der Waals surface area contributed by atoms with Gasteiger partial charge in [0.15, 0.2) is 0 Å². The number of anilines is 3. The summed E-state index contributed by atoms with van der Waals surface area (Å²) in [5, 5.41) is 8.42. The van der Waals surface area contributed by atoms with Gasteiger partial charge < -0.3 is 16.0 Å². The lowest BCUT2D eigenvalue weighted by Crippen LogP contribution is -2.27. The van der Waals surface area contributed by atoms with E-state index in [0.29, 0.717) is 37.2 Å². The van der Waals surface area contributed by atoms with Crippen LogP contribution in [0.15, 0.2) is 42.5 Å². The summed E-state index contributed by atoms with van der Waals surface area (Å²) in [6.07, 6.45) is 1.07. The Morgan fingerprint density at radius 2 is 1.85 bits per heavy atom. The summed E-state index contributed by atoms with van der Waals surface area (Å²) in [5.74, 6) is -0.210. The smallest absolute Gasteiger partial charge is 0.321 e. The molecule has 0 spiro atoms. The summed E-state index contributed by atoms with van der Waals surface area (Å²) >= 11 is 0. The highest BCUT2D eigenvalue weighted by atomic mass is 16.2. The Morgan fingerprint density at radius 3 is 2.58 bits per heavy atom. The third kappa shape index (κ3) is 3.11. The number of urea groups is 1. The predicted octanol–water partition coefficient (Wildman–Crippen LogP) is 2.35. The first-order chi connectivity index (χ1) is 12.6. The van der Waals surface area contributed by atoms with E-state index in [0.717, 1.165) is 16.9 Å². The standard InChI is InChI=1S/C19H18N4O3/c24-17-8-2-12-11-13(1-7-16(12)22-17)18(25)21-14-3-5-15(6-4-14)23-10-9-20-19(23)26/h1,3-7,11H,2,8-10H2,(H,20,26)(H,21,25)(H,22,24). The quantitative estimate of drug-likeness (QED) is 0.794. The van der Waals surface area contributed by atoms with E-state index >= 15 is 0 Å². The van der Waals surface area contributed by atoms with Crippen molar-refractivity contribution in [3.05, 3.63) is 53.6 Å². The summed E-state index contributed by atoms with van der Waals surface area (Å²) in [7, 11) is 0. The molecule has 0 bridgehead atoms. The number of fused-ring (bicyclic) bond motifs is 1. The molecule has 0 aliphatic carbocycles. The van der Waals surface area contributed by atoms with Crippen LogP contribution < -0.4 is 20.9 Å². The predicted molar refractivity (Wildman–Crippen MR) is 98.5 cm³/mol. The second kappa shape index (κ2) is 6.51. The van der Waals surface area contributed by atoms with Crippen LogP contribution in [0, 0.1) is 0 Å². The lowest BCUT2D eigenvalue weighted by molar-refractivity contribution is -0.116. The third-order valence-corrected chi connectivity index (χ3v) is 4.56. The lowest BCUT2D eigenvalue weighted by atomic mass is 10.00. The molecule has 0 radical (unpaired) electrons. The molecule has 3 N–H and O–H groups in total. The maximum atomic E-state index is 12.5. The van der Waals surface area contributed by atoms with Crippen LogP contribution in [-0.4, -0.2) is 30.9 Å². The Kier molecular flexibility index (Phi) is 4.04. The number of nitrogens with one attached hydrogen (secondary N) is 3. The van der Waals surface area contributed by atoms with Gasteiger partial charge in [-0.05, 0) is 54.4 Å². The lowest BCUT2D eigenvalue weighted by Gasteiger charge is -2.17. The molecule has 4 rings (SSSR count). The molecule has 2 aliphatic heterocycles. The second-order valence-electron chi connectivity index (χ2n) is 6.30. The number of rotatable bonds is 3. The van der Waals surface area contributed by atoms with Crippen molar-refractivity contribution in [3.63, 3.8) is 0 Å². The zero-order chi connectivity index (χ0) is 18.1. The minimum absolute atomic E-state index is 0.00137. The van der Waals surface area contributed by atoms with E-state index in [4.69, 9.17) is 0 Å². The monoisotopic (exact) mass is 350 g/mol. The van der Waals surface area contributed by atoms with Crippen LogP contribution in [0.3, 0.4) is 0 Å². The van der Waals surface area contributed by atoms with Crippen LogP contribution in [0.25, 0.3) is 0 Å². The topological polar surface area (TPSA) is 90.5 Å². The highest BCUT2D eigenvalue weighted by Gasteiger charge is 2.21. The molecule has 2 heterocycles.